The molecule has 2 aromatic rings. The van der Waals surface area contributed by atoms with E-state index in [1.165, 1.54) is 4.90 Å². The molecule has 2 amide bonds. The highest BCUT2D eigenvalue weighted by molar-refractivity contribution is 5.96. The van der Waals surface area contributed by atoms with Gasteiger partial charge in [-0.1, -0.05) is 42.5 Å². The predicted octanol–water partition coefficient (Wildman–Crippen LogP) is 4.53. The number of halogens is 2. The third-order valence-corrected chi connectivity index (χ3v) is 4.65. The highest BCUT2D eigenvalue weighted by atomic mass is 19.1. The van der Waals surface area contributed by atoms with E-state index in [2.05, 4.69) is 0 Å². The minimum Gasteiger partial charge on any atom is -0.368 e. The van der Waals surface area contributed by atoms with Gasteiger partial charge in [-0.25, -0.2) is 8.78 Å². The zero-order valence-corrected chi connectivity index (χ0v) is 16.5. The topological polar surface area (TPSA) is 63.4 Å². The third-order valence-electron chi connectivity index (χ3n) is 4.65. The largest absolute Gasteiger partial charge is 0.368 e. The van der Waals surface area contributed by atoms with Crippen LogP contribution in [0.15, 0.2) is 66.2 Å². The van der Waals surface area contributed by atoms with Crippen LogP contribution in [-0.2, 0) is 9.59 Å². The van der Waals surface area contributed by atoms with Crippen LogP contribution in [0.3, 0.4) is 0 Å². The summed E-state index contributed by atoms with van der Waals surface area (Å²) in [6.07, 6.45) is 5.24. The standard InChI is InChI=1S/C17H20F2N2O2.C6H6/c1-11(13-7-14(18)9-15(19)8-13)21(10-16(20)22)17(23)12-5-3-2-4-6-12;1-2-4-6-5-3-1/h5,7-9,11H,2-4,6,10H2,1H3,(H2,20,22);1-6H. The van der Waals surface area contributed by atoms with Gasteiger partial charge < -0.3 is 10.6 Å². The molecule has 1 unspecified atom stereocenters. The van der Waals surface area contributed by atoms with Crippen LogP contribution in [0.2, 0.25) is 0 Å². The van der Waals surface area contributed by atoms with Gasteiger partial charge >= 0.3 is 0 Å². The first kappa shape index (κ1) is 22.3. The van der Waals surface area contributed by atoms with E-state index in [-0.39, 0.29) is 18.0 Å². The molecular weight excluding hydrogens is 374 g/mol. The lowest BCUT2D eigenvalue weighted by molar-refractivity contribution is -0.134. The number of nitrogens with two attached hydrogens (primary N) is 1. The minimum absolute atomic E-state index is 0.286. The molecule has 0 saturated carbocycles. The summed E-state index contributed by atoms with van der Waals surface area (Å²) in [4.78, 5) is 25.3. The van der Waals surface area contributed by atoms with Gasteiger partial charge in [0.15, 0.2) is 0 Å². The fourth-order valence-corrected chi connectivity index (χ4v) is 3.15. The van der Waals surface area contributed by atoms with Gasteiger partial charge in [-0.2, -0.15) is 0 Å². The molecule has 0 heterocycles. The molecule has 0 radical (unpaired) electrons. The second-order valence-electron chi connectivity index (χ2n) is 6.91. The first-order valence-electron chi connectivity index (χ1n) is 9.63. The zero-order valence-electron chi connectivity index (χ0n) is 16.5. The molecule has 3 rings (SSSR count). The number of hydrogen-bond acceptors (Lipinski definition) is 2. The van der Waals surface area contributed by atoms with Crippen molar-refractivity contribution in [3.63, 3.8) is 0 Å². The van der Waals surface area contributed by atoms with Crippen molar-refractivity contribution in [2.75, 3.05) is 6.54 Å². The molecule has 2 N–H and O–H groups in total. The molecule has 0 spiro atoms. The number of carbonyl (C=O) groups excluding carboxylic acids is 2. The summed E-state index contributed by atoms with van der Waals surface area (Å²) in [5, 5.41) is 0. The van der Waals surface area contributed by atoms with Gasteiger partial charge in [0.25, 0.3) is 0 Å². The Morgan fingerprint density at radius 3 is 2.00 bits per heavy atom. The zero-order chi connectivity index (χ0) is 21.2. The molecule has 6 heteroatoms. The lowest BCUT2D eigenvalue weighted by Crippen LogP contribution is -2.41. The second-order valence-corrected chi connectivity index (χ2v) is 6.91. The van der Waals surface area contributed by atoms with Gasteiger partial charge in [0, 0.05) is 11.6 Å². The highest BCUT2D eigenvalue weighted by Gasteiger charge is 2.26. The van der Waals surface area contributed by atoms with Crippen LogP contribution in [0.4, 0.5) is 8.78 Å². The molecule has 0 bridgehead atoms. The summed E-state index contributed by atoms with van der Waals surface area (Å²) in [5.41, 5.74) is 6.15. The quantitative estimate of drug-likeness (QED) is 0.802. The van der Waals surface area contributed by atoms with Crippen LogP contribution in [0.1, 0.15) is 44.2 Å². The number of amides is 2. The minimum atomic E-state index is -0.727. The molecule has 0 fully saturated rings. The maximum absolute atomic E-state index is 13.4. The lowest BCUT2D eigenvalue weighted by atomic mass is 9.97. The number of rotatable bonds is 5. The van der Waals surface area contributed by atoms with Gasteiger partial charge in [-0.15, -0.1) is 0 Å². The fraction of sp³-hybridized carbons (Fsp3) is 0.304. The van der Waals surface area contributed by atoms with Crippen molar-refractivity contribution in [1.82, 2.24) is 4.90 Å². The van der Waals surface area contributed by atoms with Crippen LogP contribution < -0.4 is 5.73 Å². The normalized spacial score (nSPS) is 14.1. The van der Waals surface area contributed by atoms with Crippen LogP contribution in [0.25, 0.3) is 0 Å². The molecule has 154 valence electrons. The average Bonchev–Trinajstić information content (AvgIpc) is 2.72. The van der Waals surface area contributed by atoms with Crippen molar-refractivity contribution in [2.45, 2.75) is 38.6 Å². The van der Waals surface area contributed by atoms with E-state index in [4.69, 9.17) is 5.73 Å². The Bertz CT molecular complexity index is 806. The number of allylic oxidation sites excluding steroid dienone is 1. The maximum Gasteiger partial charge on any atom is 0.250 e. The van der Waals surface area contributed by atoms with E-state index in [1.807, 2.05) is 42.5 Å². The lowest BCUT2D eigenvalue weighted by Gasteiger charge is -2.30. The SMILES string of the molecule is CC(c1cc(F)cc(F)c1)N(CC(N)=O)C(=O)C1=CCCCC1.c1ccccc1. The van der Waals surface area contributed by atoms with E-state index < -0.39 is 23.6 Å². The van der Waals surface area contributed by atoms with Gasteiger partial charge in [-0.3, -0.25) is 9.59 Å². The van der Waals surface area contributed by atoms with Crippen molar-refractivity contribution in [3.05, 3.63) is 83.4 Å². The smallest absolute Gasteiger partial charge is 0.250 e. The van der Waals surface area contributed by atoms with Gasteiger partial charge in [0.2, 0.25) is 11.8 Å². The van der Waals surface area contributed by atoms with Gasteiger partial charge in [0.1, 0.15) is 18.2 Å². The van der Waals surface area contributed by atoms with Crippen LogP contribution >= 0.6 is 0 Å². The summed E-state index contributed by atoms with van der Waals surface area (Å²) in [6.45, 7) is 1.33. The van der Waals surface area contributed by atoms with Crippen LogP contribution in [0, 0.1) is 11.6 Å². The van der Waals surface area contributed by atoms with E-state index in [9.17, 15) is 18.4 Å². The molecule has 1 atom stereocenters. The Labute approximate surface area is 170 Å². The number of carbonyl (C=O) groups is 2. The molecule has 2 aromatic carbocycles. The fourth-order valence-electron chi connectivity index (χ4n) is 3.15. The summed E-state index contributed by atoms with van der Waals surface area (Å²) >= 11 is 0. The third kappa shape index (κ3) is 7.14. The van der Waals surface area contributed by atoms with E-state index in [0.717, 1.165) is 37.5 Å². The molecule has 1 aliphatic rings. The van der Waals surface area contributed by atoms with Crippen LogP contribution in [0.5, 0.6) is 0 Å². The Balaban J connectivity index is 0.000000426. The second kappa shape index (κ2) is 11.1. The monoisotopic (exact) mass is 400 g/mol. The molecule has 0 saturated heterocycles. The van der Waals surface area contributed by atoms with Crippen molar-refractivity contribution >= 4 is 11.8 Å². The molecular formula is C23H26F2N2O2. The maximum atomic E-state index is 13.4. The first-order valence-corrected chi connectivity index (χ1v) is 9.63. The van der Waals surface area contributed by atoms with Gasteiger partial charge in [0.05, 0.1) is 6.04 Å². The van der Waals surface area contributed by atoms with Crippen molar-refractivity contribution in [1.29, 1.82) is 0 Å². The molecule has 29 heavy (non-hydrogen) atoms. The number of primary amides is 1. The molecule has 1 aliphatic carbocycles. The Morgan fingerprint density at radius 1 is 1.00 bits per heavy atom. The summed E-state index contributed by atoms with van der Waals surface area (Å²) in [6, 6.07) is 14.4. The van der Waals surface area contributed by atoms with E-state index in [0.29, 0.717) is 12.0 Å². The molecule has 0 aromatic heterocycles. The Hall–Kier alpha value is -3.02. The Morgan fingerprint density at radius 2 is 1.55 bits per heavy atom. The van der Waals surface area contributed by atoms with Crippen molar-refractivity contribution in [3.8, 4) is 0 Å². The average molecular weight is 400 g/mol. The predicted molar refractivity (Wildman–Crippen MR) is 109 cm³/mol. The number of hydrogen-bond donors (Lipinski definition) is 1. The van der Waals surface area contributed by atoms with E-state index in [1.54, 1.807) is 6.92 Å². The summed E-state index contributed by atoms with van der Waals surface area (Å²) in [5.74, 6) is -2.43. The van der Waals surface area contributed by atoms with Crippen LogP contribution in [-0.4, -0.2) is 23.3 Å². The highest BCUT2D eigenvalue weighted by Crippen LogP contribution is 2.26. The summed E-state index contributed by atoms with van der Waals surface area (Å²) in [7, 11) is 0. The van der Waals surface area contributed by atoms with Gasteiger partial charge in [-0.05, 0) is 50.3 Å². The van der Waals surface area contributed by atoms with E-state index >= 15 is 0 Å². The molecule has 4 nitrogen and oxygen atoms in total. The van der Waals surface area contributed by atoms with Crippen molar-refractivity contribution in [2.24, 2.45) is 5.73 Å². The first-order chi connectivity index (χ1) is 13.9. The Kier molecular flexibility index (Phi) is 8.52. The van der Waals surface area contributed by atoms with Crippen molar-refractivity contribution < 1.29 is 18.4 Å². The molecule has 0 aliphatic heterocycles. The summed E-state index contributed by atoms with van der Waals surface area (Å²) < 4.78 is 26.8. The number of benzene rings is 2. The number of nitrogens with zero attached hydrogens (tertiary/aromatic N) is 1.